The first-order chi connectivity index (χ1) is 9.52. The van der Waals surface area contributed by atoms with Gasteiger partial charge < -0.3 is 10.2 Å². The van der Waals surface area contributed by atoms with E-state index in [1.165, 1.54) is 17.8 Å². The van der Waals surface area contributed by atoms with E-state index < -0.39 is 4.92 Å². The predicted molar refractivity (Wildman–Crippen MR) is 85.5 cm³/mol. The van der Waals surface area contributed by atoms with Crippen molar-refractivity contribution in [1.29, 1.82) is 0 Å². The highest BCUT2D eigenvalue weighted by Gasteiger charge is 2.24. The lowest BCUT2D eigenvalue weighted by atomic mass is 10.1. The Balaban J connectivity index is 0.00000220. The standard InChI is InChI=1S/C13H17N3O3S.ClH/c1-9-8-15(6-5-14-9)13(17)10-3-4-12(20-2)11(7-10)16(18)19;/h3-4,7,9,14H,5-6,8H2,1-2H3;1H. The van der Waals surface area contributed by atoms with Crippen LogP contribution >= 0.6 is 24.2 Å². The van der Waals surface area contributed by atoms with Crippen molar-refractivity contribution in [2.45, 2.75) is 17.9 Å². The van der Waals surface area contributed by atoms with E-state index in [9.17, 15) is 14.9 Å². The lowest BCUT2D eigenvalue weighted by Crippen LogP contribution is -2.51. The molecule has 1 fully saturated rings. The van der Waals surface area contributed by atoms with Crippen molar-refractivity contribution in [3.05, 3.63) is 33.9 Å². The van der Waals surface area contributed by atoms with E-state index in [0.717, 1.165) is 6.54 Å². The van der Waals surface area contributed by atoms with Crippen LogP contribution in [-0.2, 0) is 0 Å². The van der Waals surface area contributed by atoms with Gasteiger partial charge in [0.15, 0.2) is 0 Å². The summed E-state index contributed by atoms with van der Waals surface area (Å²) in [5.74, 6) is -0.144. The number of thioether (sulfide) groups is 1. The Morgan fingerprint density at radius 1 is 1.52 bits per heavy atom. The molecule has 0 radical (unpaired) electrons. The maximum absolute atomic E-state index is 12.4. The van der Waals surface area contributed by atoms with Crippen LogP contribution in [0.1, 0.15) is 17.3 Å². The topological polar surface area (TPSA) is 75.5 Å². The highest BCUT2D eigenvalue weighted by atomic mass is 35.5. The van der Waals surface area contributed by atoms with Gasteiger partial charge in [0.05, 0.1) is 9.82 Å². The molecule has 0 bridgehead atoms. The van der Waals surface area contributed by atoms with Gasteiger partial charge in [0.25, 0.3) is 11.6 Å². The van der Waals surface area contributed by atoms with Gasteiger partial charge in [0.2, 0.25) is 0 Å². The Kier molecular flexibility index (Phi) is 6.44. The number of nitrogens with one attached hydrogen (secondary N) is 1. The summed E-state index contributed by atoms with van der Waals surface area (Å²) in [7, 11) is 0. The van der Waals surface area contributed by atoms with Gasteiger partial charge in [0.1, 0.15) is 0 Å². The molecule has 1 aromatic carbocycles. The number of amides is 1. The quantitative estimate of drug-likeness (QED) is 0.522. The summed E-state index contributed by atoms with van der Waals surface area (Å²) >= 11 is 1.30. The largest absolute Gasteiger partial charge is 0.336 e. The number of benzene rings is 1. The minimum atomic E-state index is -0.441. The number of carbonyl (C=O) groups excluding carboxylic acids is 1. The maximum Gasteiger partial charge on any atom is 0.283 e. The molecule has 1 saturated heterocycles. The Hall–Kier alpha value is -1.31. The van der Waals surface area contributed by atoms with Crippen molar-refractivity contribution in [3.63, 3.8) is 0 Å². The predicted octanol–water partition coefficient (Wildman–Crippen LogP) is 2.17. The first-order valence-electron chi connectivity index (χ1n) is 6.38. The van der Waals surface area contributed by atoms with Gasteiger partial charge in [-0.1, -0.05) is 0 Å². The number of hydrogen-bond donors (Lipinski definition) is 1. The number of hydrogen-bond acceptors (Lipinski definition) is 5. The van der Waals surface area contributed by atoms with Crippen molar-refractivity contribution in [2.75, 3.05) is 25.9 Å². The molecule has 0 spiro atoms. The molecule has 116 valence electrons. The van der Waals surface area contributed by atoms with Crippen LogP contribution in [0, 0.1) is 10.1 Å². The molecule has 1 amide bonds. The van der Waals surface area contributed by atoms with Crippen molar-refractivity contribution < 1.29 is 9.72 Å². The Morgan fingerprint density at radius 3 is 2.81 bits per heavy atom. The van der Waals surface area contributed by atoms with E-state index in [1.54, 1.807) is 23.3 Å². The molecule has 1 aromatic rings. The molecule has 6 nitrogen and oxygen atoms in total. The number of halogens is 1. The molecule has 0 aliphatic carbocycles. The van der Waals surface area contributed by atoms with Crippen LogP contribution in [-0.4, -0.2) is 47.7 Å². The Morgan fingerprint density at radius 2 is 2.24 bits per heavy atom. The van der Waals surface area contributed by atoms with Gasteiger partial charge in [-0.3, -0.25) is 14.9 Å². The second kappa shape index (κ2) is 7.63. The molecule has 8 heteroatoms. The lowest BCUT2D eigenvalue weighted by Gasteiger charge is -2.31. The third kappa shape index (κ3) is 4.09. The fourth-order valence-corrected chi connectivity index (χ4v) is 2.81. The minimum Gasteiger partial charge on any atom is -0.336 e. The van der Waals surface area contributed by atoms with Gasteiger partial charge in [-0.15, -0.1) is 24.2 Å². The van der Waals surface area contributed by atoms with Gasteiger partial charge in [-0.2, -0.15) is 0 Å². The van der Waals surface area contributed by atoms with Crippen molar-refractivity contribution in [1.82, 2.24) is 10.2 Å². The normalized spacial score (nSPS) is 18.0. The SMILES string of the molecule is CSc1ccc(C(=O)N2CCNC(C)C2)cc1[N+](=O)[O-].Cl. The monoisotopic (exact) mass is 331 g/mol. The maximum atomic E-state index is 12.4. The van der Waals surface area contributed by atoms with Crippen LogP contribution in [0.15, 0.2) is 23.1 Å². The fourth-order valence-electron chi connectivity index (χ4n) is 2.27. The summed E-state index contributed by atoms with van der Waals surface area (Å²) in [6.45, 7) is 4.01. The van der Waals surface area contributed by atoms with Crippen molar-refractivity contribution >= 4 is 35.8 Å². The number of nitro benzene ring substituents is 1. The molecule has 2 rings (SSSR count). The highest BCUT2D eigenvalue weighted by Crippen LogP contribution is 2.28. The van der Waals surface area contributed by atoms with Crippen molar-refractivity contribution in [3.8, 4) is 0 Å². The smallest absolute Gasteiger partial charge is 0.283 e. The lowest BCUT2D eigenvalue weighted by molar-refractivity contribution is -0.387. The van der Waals surface area contributed by atoms with Crippen LogP contribution in [0.4, 0.5) is 5.69 Å². The van der Waals surface area contributed by atoms with Crippen LogP contribution in [0.5, 0.6) is 0 Å². The summed E-state index contributed by atoms with van der Waals surface area (Å²) in [4.78, 5) is 25.3. The second-order valence-electron chi connectivity index (χ2n) is 4.75. The van der Waals surface area contributed by atoms with Crippen molar-refractivity contribution in [2.24, 2.45) is 0 Å². The first-order valence-corrected chi connectivity index (χ1v) is 7.60. The average molecular weight is 332 g/mol. The van der Waals surface area contributed by atoms with E-state index in [2.05, 4.69) is 5.32 Å². The summed E-state index contributed by atoms with van der Waals surface area (Å²) in [5.41, 5.74) is 0.370. The number of nitro groups is 1. The summed E-state index contributed by atoms with van der Waals surface area (Å²) in [6, 6.07) is 4.92. The third-order valence-electron chi connectivity index (χ3n) is 3.28. The van der Waals surface area contributed by atoms with Gasteiger partial charge in [-0.05, 0) is 25.3 Å². The summed E-state index contributed by atoms with van der Waals surface area (Å²) in [6.07, 6.45) is 1.78. The number of piperazine rings is 1. The van der Waals surface area contributed by atoms with Crippen LogP contribution < -0.4 is 5.32 Å². The molecule has 0 aromatic heterocycles. The zero-order valence-electron chi connectivity index (χ0n) is 11.9. The molecule has 1 heterocycles. The molecule has 1 aliphatic heterocycles. The Labute approximate surface area is 133 Å². The van der Waals surface area contributed by atoms with Gasteiger partial charge >= 0.3 is 0 Å². The van der Waals surface area contributed by atoms with E-state index in [1.807, 2.05) is 6.92 Å². The van der Waals surface area contributed by atoms with E-state index in [-0.39, 0.29) is 30.0 Å². The molecule has 21 heavy (non-hydrogen) atoms. The highest BCUT2D eigenvalue weighted by molar-refractivity contribution is 7.98. The molecular weight excluding hydrogens is 314 g/mol. The number of nitrogens with zero attached hydrogens (tertiary/aromatic N) is 2. The second-order valence-corrected chi connectivity index (χ2v) is 5.60. The van der Waals surface area contributed by atoms with E-state index in [4.69, 9.17) is 0 Å². The average Bonchev–Trinajstić information content (AvgIpc) is 2.45. The molecule has 1 aliphatic rings. The van der Waals surface area contributed by atoms with Crippen LogP contribution in [0.25, 0.3) is 0 Å². The summed E-state index contributed by atoms with van der Waals surface area (Å²) < 4.78 is 0. The fraction of sp³-hybridized carbons (Fsp3) is 0.462. The molecule has 1 N–H and O–H groups in total. The molecule has 0 saturated carbocycles. The third-order valence-corrected chi connectivity index (χ3v) is 4.06. The van der Waals surface area contributed by atoms with Crippen LogP contribution in [0.3, 0.4) is 0 Å². The number of carbonyl (C=O) groups is 1. The number of rotatable bonds is 3. The Bertz CT molecular complexity index is 541. The van der Waals surface area contributed by atoms with Gasteiger partial charge in [0, 0.05) is 37.3 Å². The zero-order chi connectivity index (χ0) is 14.7. The summed E-state index contributed by atoms with van der Waals surface area (Å²) in [5, 5.41) is 14.3. The minimum absolute atomic E-state index is 0. The van der Waals surface area contributed by atoms with E-state index >= 15 is 0 Å². The van der Waals surface area contributed by atoms with Crippen LogP contribution in [0.2, 0.25) is 0 Å². The van der Waals surface area contributed by atoms with E-state index in [0.29, 0.717) is 23.5 Å². The molecular formula is C13H18ClN3O3S. The van der Waals surface area contributed by atoms with Gasteiger partial charge in [-0.25, -0.2) is 0 Å². The molecule has 1 unspecified atom stereocenters. The first kappa shape index (κ1) is 17.7. The zero-order valence-corrected chi connectivity index (χ0v) is 13.5. The molecule has 1 atom stereocenters.